The van der Waals surface area contributed by atoms with Gasteiger partial charge < -0.3 is 5.32 Å². The van der Waals surface area contributed by atoms with Crippen LogP contribution in [0.15, 0.2) is 34.7 Å². The lowest BCUT2D eigenvalue weighted by molar-refractivity contribution is 0.521. The molecule has 0 saturated carbocycles. The Kier molecular flexibility index (Phi) is 4.65. The van der Waals surface area contributed by atoms with Crippen molar-refractivity contribution in [3.63, 3.8) is 0 Å². The molecule has 7 heteroatoms. The summed E-state index contributed by atoms with van der Waals surface area (Å²) >= 11 is 1.59. The highest BCUT2D eigenvalue weighted by Crippen LogP contribution is 2.26. The second-order valence-electron chi connectivity index (χ2n) is 4.98. The zero-order valence-electron chi connectivity index (χ0n) is 12.5. The molecule has 0 fully saturated rings. The Morgan fingerprint density at radius 2 is 2.05 bits per heavy atom. The van der Waals surface area contributed by atoms with Crippen LogP contribution in [0.5, 0.6) is 0 Å². The molecular weight excluding hydrogens is 306 g/mol. The minimum absolute atomic E-state index is 0.0785. The van der Waals surface area contributed by atoms with Crippen molar-refractivity contribution >= 4 is 27.0 Å². The largest absolute Gasteiger partial charge is 0.378 e. The molecule has 0 amide bonds. The molecule has 1 N–H and O–H groups in total. The highest BCUT2D eigenvalue weighted by molar-refractivity contribution is 7.89. The average Bonchev–Trinajstić information content (AvgIpc) is 2.85. The maximum Gasteiger partial charge on any atom is 0.242 e. The van der Waals surface area contributed by atoms with E-state index in [-0.39, 0.29) is 10.9 Å². The van der Waals surface area contributed by atoms with Crippen LogP contribution in [0.3, 0.4) is 0 Å². The molecule has 1 heterocycles. The molecule has 1 aromatic carbocycles. The van der Waals surface area contributed by atoms with Crippen LogP contribution in [0.4, 0.5) is 5.69 Å². The molecule has 1 atom stereocenters. The second kappa shape index (κ2) is 6.13. The topological polar surface area (TPSA) is 62.3 Å². The lowest BCUT2D eigenvalue weighted by Crippen LogP contribution is -2.22. The monoisotopic (exact) mass is 325 g/mol. The fourth-order valence-corrected chi connectivity index (χ4v) is 3.76. The lowest BCUT2D eigenvalue weighted by Gasteiger charge is -2.16. The Hall–Kier alpha value is -1.44. The van der Waals surface area contributed by atoms with E-state index in [0.717, 1.165) is 16.3 Å². The predicted octanol–water partition coefficient (Wildman–Crippen LogP) is 2.87. The van der Waals surface area contributed by atoms with Crippen LogP contribution in [0, 0.1) is 6.92 Å². The minimum Gasteiger partial charge on any atom is -0.378 e. The number of aromatic nitrogens is 1. The predicted molar refractivity (Wildman–Crippen MR) is 86.2 cm³/mol. The maximum absolute atomic E-state index is 12.1. The molecule has 2 rings (SSSR count). The number of hydrogen-bond donors (Lipinski definition) is 1. The molecule has 0 aliphatic rings. The first kappa shape index (κ1) is 15.9. The van der Waals surface area contributed by atoms with Gasteiger partial charge >= 0.3 is 0 Å². The maximum atomic E-state index is 12.1. The van der Waals surface area contributed by atoms with E-state index < -0.39 is 10.0 Å². The number of rotatable bonds is 5. The Morgan fingerprint density at radius 1 is 1.33 bits per heavy atom. The Labute approximate surface area is 129 Å². The quantitative estimate of drug-likeness (QED) is 0.918. The summed E-state index contributed by atoms with van der Waals surface area (Å²) in [6.45, 7) is 4.00. The van der Waals surface area contributed by atoms with Gasteiger partial charge in [-0.2, -0.15) is 0 Å². The Balaban J connectivity index is 2.25. The number of nitrogens with one attached hydrogen (secondary N) is 1. The molecule has 0 spiro atoms. The summed E-state index contributed by atoms with van der Waals surface area (Å²) in [6, 6.07) is 6.94. The van der Waals surface area contributed by atoms with E-state index in [4.69, 9.17) is 0 Å². The van der Waals surface area contributed by atoms with E-state index in [0.29, 0.717) is 0 Å². The van der Waals surface area contributed by atoms with Gasteiger partial charge in [-0.05, 0) is 32.0 Å². The van der Waals surface area contributed by atoms with Gasteiger partial charge in [0.1, 0.15) is 0 Å². The number of aryl methyl sites for hydroxylation is 1. The van der Waals surface area contributed by atoms with E-state index in [2.05, 4.69) is 10.3 Å². The molecule has 114 valence electrons. The van der Waals surface area contributed by atoms with Gasteiger partial charge in [-0.15, -0.1) is 11.3 Å². The van der Waals surface area contributed by atoms with Gasteiger partial charge in [-0.25, -0.2) is 17.7 Å². The normalized spacial score (nSPS) is 13.4. The van der Waals surface area contributed by atoms with Crippen molar-refractivity contribution in [1.29, 1.82) is 0 Å². The van der Waals surface area contributed by atoms with Crippen molar-refractivity contribution < 1.29 is 8.42 Å². The first-order valence-electron chi connectivity index (χ1n) is 6.51. The highest BCUT2D eigenvalue weighted by atomic mass is 32.2. The molecule has 0 aliphatic carbocycles. The van der Waals surface area contributed by atoms with Crippen molar-refractivity contribution in [2.45, 2.75) is 24.8 Å². The van der Waals surface area contributed by atoms with Crippen LogP contribution in [0.1, 0.15) is 23.5 Å². The molecule has 0 radical (unpaired) electrons. The van der Waals surface area contributed by atoms with Gasteiger partial charge in [-0.1, -0.05) is 6.07 Å². The number of nitrogens with zero attached hydrogens (tertiary/aromatic N) is 2. The Morgan fingerprint density at radius 3 is 2.62 bits per heavy atom. The number of benzene rings is 1. The smallest absolute Gasteiger partial charge is 0.242 e. The third-order valence-corrected chi connectivity index (χ3v) is 6.10. The van der Waals surface area contributed by atoms with E-state index in [9.17, 15) is 8.42 Å². The molecule has 0 bridgehead atoms. The van der Waals surface area contributed by atoms with Gasteiger partial charge in [0.05, 0.1) is 22.1 Å². The fourth-order valence-electron chi connectivity index (χ4n) is 2.00. The van der Waals surface area contributed by atoms with Gasteiger partial charge in [0, 0.05) is 24.7 Å². The van der Waals surface area contributed by atoms with Crippen LogP contribution in [-0.2, 0) is 10.0 Å². The zero-order valence-corrected chi connectivity index (χ0v) is 14.1. The minimum atomic E-state index is -3.41. The number of hydrogen-bond acceptors (Lipinski definition) is 5. The average molecular weight is 325 g/mol. The van der Waals surface area contributed by atoms with E-state index in [1.54, 1.807) is 29.5 Å². The van der Waals surface area contributed by atoms with Crippen LogP contribution in [0.2, 0.25) is 0 Å². The molecule has 0 saturated heterocycles. The Bertz CT molecular complexity index is 723. The molecule has 1 aromatic heterocycles. The lowest BCUT2D eigenvalue weighted by atomic mass is 10.2. The first-order chi connectivity index (χ1) is 9.82. The molecule has 5 nitrogen and oxygen atoms in total. The van der Waals surface area contributed by atoms with E-state index in [1.165, 1.54) is 18.4 Å². The van der Waals surface area contributed by atoms with Gasteiger partial charge in [-0.3, -0.25) is 0 Å². The van der Waals surface area contributed by atoms with Crippen molar-refractivity contribution in [2.75, 3.05) is 19.4 Å². The zero-order chi connectivity index (χ0) is 15.6. The molecule has 0 aliphatic heterocycles. The number of thiazole rings is 1. The standard InChI is InChI=1S/C14H19N3O2S2/c1-10-14(20-9-15-10)11(2)16-12-6-5-7-13(8-12)21(18,19)17(3)4/h5-9,11,16H,1-4H3. The molecule has 1 unspecified atom stereocenters. The van der Waals surface area contributed by atoms with Crippen LogP contribution in [0.25, 0.3) is 0 Å². The number of anilines is 1. The van der Waals surface area contributed by atoms with Crippen LogP contribution >= 0.6 is 11.3 Å². The van der Waals surface area contributed by atoms with Crippen molar-refractivity contribution in [3.8, 4) is 0 Å². The summed E-state index contributed by atoms with van der Waals surface area (Å²) in [5.74, 6) is 0. The summed E-state index contributed by atoms with van der Waals surface area (Å²) in [5, 5.41) is 3.32. The summed E-state index contributed by atoms with van der Waals surface area (Å²) in [6.07, 6.45) is 0. The van der Waals surface area contributed by atoms with Gasteiger partial charge in [0.25, 0.3) is 0 Å². The highest BCUT2D eigenvalue weighted by Gasteiger charge is 2.18. The fraction of sp³-hybridized carbons (Fsp3) is 0.357. The van der Waals surface area contributed by atoms with Crippen molar-refractivity contribution in [3.05, 3.63) is 40.3 Å². The van der Waals surface area contributed by atoms with Crippen molar-refractivity contribution in [1.82, 2.24) is 9.29 Å². The number of sulfonamides is 1. The first-order valence-corrected chi connectivity index (χ1v) is 8.83. The molecule has 21 heavy (non-hydrogen) atoms. The van der Waals surface area contributed by atoms with E-state index >= 15 is 0 Å². The summed E-state index contributed by atoms with van der Waals surface area (Å²) < 4.78 is 25.5. The molecule has 2 aromatic rings. The van der Waals surface area contributed by atoms with E-state index in [1.807, 2.05) is 25.4 Å². The van der Waals surface area contributed by atoms with Crippen LogP contribution in [-0.4, -0.2) is 31.8 Å². The summed E-state index contributed by atoms with van der Waals surface area (Å²) in [5.41, 5.74) is 3.59. The third-order valence-electron chi connectivity index (χ3n) is 3.17. The van der Waals surface area contributed by atoms with Crippen LogP contribution < -0.4 is 5.32 Å². The summed E-state index contributed by atoms with van der Waals surface area (Å²) in [4.78, 5) is 5.67. The molecular formula is C14H19N3O2S2. The second-order valence-corrected chi connectivity index (χ2v) is 8.02. The van der Waals surface area contributed by atoms with Crippen molar-refractivity contribution in [2.24, 2.45) is 0 Å². The van der Waals surface area contributed by atoms with Gasteiger partial charge in [0.15, 0.2) is 0 Å². The summed E-state index contributed by atoms with van der Waals surface area (Å²) in [7, 11) is -0.361. The SMILES string of the molecule is Cc1ncsc1C(C)Nc1cccc(S(=O)(=O)N(C)C)c1. The third kappa shape index (κ3) is 3.42. The van der Waals surface area contributed by atoms with Gasteiger partial charge in [0.2, 0.25) is 10.0 Å².